The first-order valence-corrected chi connectivity index (χ1v) is 6.76. The summed E-state index contributed by atoms with van der Waals surface area (Å²) in [4.78, 5) is 2.27. The molecule has 1 saturated heterocycles. The molecule has 0 bridgehead atoms. The second-order valence-corrected chi connectivity index (χ2v) is 6.25. The highest BCUT2D eigenvalue weighted by Gasteiger charge is 2.08. The van der Waals surface area contributed by atoms with Crippen molar-refractivity contribution in [1.29, 1.82) is 0 Å². The van der Waals surface area contributed by atoms with Crippen LogP contribution in [0, 0.1) is 0 Å². The van der Waals surface area contributed by atoms with Crippen molar-refractivity contribution >= 4 is 9.73 Å². The van der Waals surface area contributed by atoms with Crippen molar-refractivity contribution in [2.45, 2.75) is 19.3 Å². The molecule has 12 heavy (non-hydrogen) atoms. The van der Waals surface area contributed by atoms with Crippen LogP contribution in [0.4, 0.5) is 0 Å². The summed E-state index contributed by atoms with van der Waals surface area (Å²) in [5.74, 6) is 0. The topological polar surface area (TPSA) is 32.7 Å². The van der Waals surface area contributed by atoms with E-state index in [0.717, 1.165) is 13.1 Å². The van der Waals surface area contributed by atoms with Gasteiger partial charge in [0.05, 0.1) is 0 Å². The molecule has 0 unspecified atom stereocenters. The smallest absolute Gasteiger partial charge is 0.100 e. The zero-order valence-corrected chi connectivity index (χ0v) is 8.77. The Kier molecular flexibility index (Phi) is 3.53. The summed E-state index contributed by atoms with van der Waals surface area (Å²) in [6, 6.07) is 0. The predicted molar refractivity (Wildman–Crippen MR) is 52.7 cm³/mol. The van der Waals surface area contributed by atoms with Gasteiger partial charge in [-0.3, -0.25) is 9.11 Å². The van der Waals surface area contributed by atoms with E-state index in [1.54, 1.807) is 12.5 Å². The number of hydrogen-bond donors (Lipinski definition) is 0. The SMILES string of the molecule is CS(C)(=O)=NCN1CCCCC1. The van der Waals surface area contributed by atoms with Crippen molar-refractivity contribution < 1.29 is 4.21 Å². The molecule has 0 N–H and O–H groups in total. The zero-order valence-electron chi connectivity index (χ0n) is 7.95. The van der Waals surface area contributed by atoms with Gasteiger partial charge in [-0.1, -0.05) is 6.42 Å². The molecule has 72 valence electrons. The molecule has 0 radical (unpaired) electrons. The number of piperidine rings is 1. The number of likely N-dealkylation sites (tertiary alicyclic amines) is 1. The van der Waals surface area contributed by atoms with Gasteiger partial charge in [-0.25, -0.2) is 4.36 Å². The molecule has 1 aliphatic rings. The molecule has 0 amide bonds. The van der Waals surface area contributed by atoms with E-state index in [0.29, 0.717) is 6.67 Å². The van der Waals surface area contributed by atoms with Crippen LogP contribution in [0.2, 0.25) is 0 Å². The molecule has 1 heterocycles. The largest absolute Gasteiger partial charge is 0.284 e. The predicted octanol–water partition coefficient (Wildman–Crippen LogP) is 1.16. The van der Waals surface area contributed by atoms with Crippen LogP contribution < -0.4 is 0 Å². The fraction of sp³-hybridized carbons (Fsp3) is 1.00. The molecule has 0 aliphatic carbocycles. The number of hydrogen-bond acceptors (Lipinski definition) is 3. The Morgan fingerprint density at radius 1 is 1.25 bits per heavy atom. The Morgan fingerprint density at radius 2 is 1.83 bits per heavy atom. The van der Waals surface area contributed by atoms with Gasteiger partial charge >= 0.3 is 0 Å². The minimum Gasteiger partial charge on any atom is -0.284 e. The lowest BCUT2D eigenvalue weighted by Crippen LogP contribution is -2.30. The van der Waals surface area contributed by atoms with E-state index in [2.05, 4.69) is 9.26 Å². The van der Waals surface area contributed by atoms with Crippen LogP contribution in [0.5, 0.6) is 0 Å². The second kappa shape index (κ2) is 4.23. The molecule has 0 spiro atoms. The van der Waals surface area contributed by atoms with E-state index in [1.165, 1.54) is 19.3 Å². The Balaban J connectivity index is 2.36. The maximum Gasteiger partial charge on any atom is 0.100 e. The molecule has 1 fully saturated rings. The minimum absolute atomic E-state index is 0.659. The van der Waals surface area contributed by atoms with Crippen LogP contribution in [0.15, 0.2) is 4.36 Å². The molecule has 0 saturated carbocycles. The highest BCUT2D eigenvalue weighted by molar-refractivity contribution is 7.92. The molecule has 0 aromatic carbocycles. The van der Waals surface area contributed by atoms with Crippen LogP contribution in [-0.4, -0.2) is 41.4 Å². The molecule has 0 aromatic rings. The maximum absolute atomic E-state index is 11.2. The summed E-state index contributed by atoms with van der Waals surface area (Å²) in [5.41, 5.74) is 0. The van der Waals surface area contributed by atoms with Crippen molar-refractivity contribution in [3.63, 3.8) is 0 Å². The average Bonchev–Trinajstić information content (AvgIpc) is 2.02. The summed E-state index contributed by atoms with van der Waals surface area (Å²) in [5, 5.41) is 0. The quantitative estimate of drug-likeness (QED) is 0.654. The minimum atomic E-state index is -1.89. The molecule has 3 nitrogen and oxygen atoms in total. The third-order valence-electron chi connectivity index (χ3n) is 2.02. The van der Waals surface area contributed by atoms with Crippen molar-refractivity contribution in [3.8, 4) is 0 Å². The first kappa shape index (κ1) is 9.99. The lowest BCUT2D eigenvalue weighted by Gasteiger charge is -2.24. The van der Waals surface area contributed by atoms with E-state index in [9.17, 15) is 4.21 Å². The van der Waals surface area contributed by atoms with Gasteiger partial charge in [0.1, 0.15) is 6.67 Å². The normalized spacial score (nSPS) is 20.8. The molecule has 0 atom stereocenters. The van der Waals surface area contributed by atoms with Crippen LogP contribution >= 0.6 is 0 Å². The van der Waals surface area contributed by atoms with Gasteiger partial charge < -0.3 is 0 Å². The summed E-state index contributed by atoms with van der Waals surface area (Å²) in [7, 11) is -1.89. The molecule has 0 aromatic heterocycles. The molecule has 1 rings (SSSR count). The summed E-state index contributed by atoms with van der Waals surface area (Å²) in [6.45, 7) is 2.91. The van der Waals surface area contributed by atoms with E-state index in [-0.39, 0.29) is 0 Å². The van der Waals surface area contributed by atoms with E-state index in [1.807, 2.05) is 0 Å². The first-order chi connectivity index (χ1) is 5.58. The van der Waals surface area contributed by atoms with Crippen LogP contribution in [0.1, 0.15) is 19.3 Å². The van der Waals surface area contributed by atoms with Crippen molar-refractivity contribution in [2.75, 3.05) is 32.3 Å². The fourth-order valence-corrected chi connectivity index (χ4v) is 1.76. The third kappa shape index (κ3) is 4.07. The third-order valence-corrected chi connectivity index (χ3v) is 2.75. The summed E-state index contributed by atoms with van der Waals surface area (Å²) < 4.78 is 15.4. The van der Waals surface area contributed by atoms with Gasteiger partial charge in [0.15, 0.2) is 0 Å². The number of nitrogens with zero attached hydrogens (tertiary/aromatic N) is 2. The fourth-order valence-electron chi connectivity index (χ4n) is 1.32. The van der Waals surface area contributed by atoms with Gasteiger partial charge in [-0.05, 0) is 25.9 Å². The van der Waals surface area contributed by atoms with Crippen LogP contribution in [0.25, 0.3) is 0 Å². The van der Waals surface area contributed by atoms with Crippen molar-refractivity contribution in [1.82, 2.24) is 4.90 Å². The molecule has 4 heteroatoms. The lowest BCUT2D eigenvalue weighted by molar-refractivity contribution is 0.237. The second-order valence-electron chi connectivity index (χ2n) is 3.63. The van der Waals surface area contributed by atoms with Gasteiger partial charge in [0, 0.05) is 22.2 Å². The molecular weight excluding hydrogens is 172 g/mol. The zero-order chi connectivity index (χ0) is 9.03. The van der Waals surface area contributed by atoms with Gasteiger partial charge in [0.25, 0.3) is 0 Å². The van der Waals surface area contributed by atoms with Crippen LogP contribution in [-0.2, 0) is 9.73 Å². The Hall–Kier alpha value is -0.0900. The average molecular weight is 190 g/mol. The first-order valence-electron chi connectivity index (χ1n) is 4.43. The highest BCUT2D eigenvalue weighted by Crippen LogP contribution is 2.08. The Bertz CT molecular complexity index is 229. The number of rotatable bonds is 2. The molecule has 1 aliphatic heterocycles. The van der Waals surface area contributed by atoms with E-state index in [4.69, 9.17) is 0 Å². The van der Waals surface area contributed by atoms with Crippen molar-refractivity contribution in [3.05, 3.63) is 0 Å². The van der Waals surface area contributed by atoms with E-state index >= 15 is 0 Å². The van der Waals surface area contributed by atoms with Gasteiger partial charge in [0.2, 0.25) is 0 Å². The molecular formula is C8H18N2OS. The Morgan fingerprint density at radius 3 is 2.33 bits per heavy atom. The van der Waals surface area contributed by atoms with E-state index < -0.39 is 9.73 Å². The van der Waals surface area contributed by atoms with Crippen molar-refractivity contribution in [2.24, 2.45) is 4.36 Å². The van der Waals surface area contributed by atoms with Crippen LogP contribution in [0.3, 0.4) is 0 Å². The lowest BCUT2D eigenvalue weighted by atomic mass is 10.1. The van der Waals surface area contributed by atoms with Gasteiger partial charge in [-0.15, -0.1) is 0 Å². The summed E-state index contributed by atoms with van der Waals surface area (Å²) in [6.07, 6.45) is 7.26. The summed E-state index contributed by atoms with van der Waals surface area (Å²) >= 11 is 0. The van der Waals surface area contributed by atoms with Gasteiger partial charge in [-0.2, -0.15) is 0 Å². The monoisotopic (exact) mass is 190 g/mol. The maximum atomic E-state index is 11.2. The standard InChI is InChI=1S/C8H18N2OS/c1-12(2,11)9-8-10-6-4-3-5-7-10/h3-8H2,1-2H3. The Labute approximate surface area is 75.3 Å². The highest BCUT2D eigenvalue weighted by atomic mass is 32.2.